The molecule has 3 aromatic rings. The largest absolute Gasteiger partial charge is 0.453 e. The molecule has 0 amide bonds. The molecule has 4 rings (SSSR count). The van der Waals surface area contributed by atoms with Crippen LogP contribution in [0.1, 0.15) is 22.8 Å². The molecule has 1 N–H and O–H groups in total. The topological polar surface area (TPSA) is 74.2 Å². The van der Waals surface area contributed by atoms with Crippen molar-refractivity contribution in [1.82, 2.24) is 0 Å². The molecule has 1 fully saturated rings. The molecule has 0 aromatic heterocycles. The van der Waals surface area contributed by atoms with E-state index in [0.29, 0.717) is 5.56 Å². The maximum Gasteiger partial charge on any atom is 0.338 e. The molecule has 1 saturated heterocycles. The minimum Gasteiger partial charge on any atom is -0.453 e. The van der Waals surface area contributed by atoms with Crippen LogP contribution in [-0.2, 0) is 25.6 Å². The Morgan fingerprint density at radius 3 is 2.52 bits per heavy atom. The van der Waals surface area contributed by atoms with Crippen molar-refractivity contribution in [3.63, 3.8) is 0 Å². The number of aliphatic hydroxyl groups excluding tert-OH is 1. The minimum atomic E-state index is -1.15. The van der Waals surface area contributed by atoms with E-state index in [1.54, 1.807) is 37.3 Å². The van der Waals surface area contributed by atoms with E-state index in [1.165, 1.54) is 0 Å². The van der Waals surface area contributed by atoms with E-state index in [4.69, 9.17) is 18.9 Å². The summed E-state index contributed by atoms with van der Waals surface area (Å²) in [6, 6.07) is 22.6. The summed E-state index contributed by atoms with van der Waals surface area (Å²) in [6.45, 7) is 5.86. The summed E-state index contributed by atoms with van der Waals surface area (Å²) in [5.41, 5.74) is 1.37. The number of hydrogen-bond acceptors (Lipinski definition) is 6. The lowest BCUT2D eigenvalue weighted by molar-refractivity contribution is -0.301. The van der Waals surface area contributed by atoms with Crippen molar-refractivity contribution in [2.75, 3.05) is 6.61 Å². The highest BCUT2D eigenvalue weighted by atomic mass is 16.7. The Labute approximate surface area is 193 Å². The van der Waals surface area contributed by atoms with Crippen molar-refractivity contribution in [3.05, 3.63) is 96.6 Å². The first kappa shape index (κ1) is 23.1. The number of hydrogen-bond donors (Lipinski definition) is 1. The number of esters is 1. The maximum atomic E-state index is 12.6. The van der Waals surface area contributed by atoms with Crippen molar-refractivity contribution >= 4 is 16.7 Å². The second-order valence-corrected chi connectivity index (χ2v) is 7.97. The molecule has 0 aliphatic carbocycles. The third kappa shape index (κ3) is 5.31. The van der Waals surface area contributed by atoms with Gasteiger partial charge < -0.3 is 24.1 Å². The number of carbonyl (C=O) groups is 1. The van der Waals surface area contributed by atoms with Crippen LogP contribution in [0.2, 0.25) is 0 Å². The number of benzene rings is 3. The number of carbonyl (C=O) groups excluding carboxylic acids is 1. The molecule has 0 spiro atoms. The van der Waals surface area contributed by atoms with Crippen LogP contribution in [0.25, 0.3) is 10.8 Å². The molecule has 6 heteroatoms. The number of rotatable bonds is 8. The van der Waals surface area contributed by atoms with Gasteiger partial charge in [-0.3, -0.25) is 0 Å². The van der Waals surface area contributed by atoms with E-state index >= 15 is 0 Å². The molecule has 0 unspecified atom stereocenters. The van der Waals surface area contributed by atoms with Gasteiger partial charge in [0, 0.05) is 0 Å². The first-order valence-electron chi connectivity index (χ1n) is 11.0. The predicted molar refractivity (Wildman–Crippen MR) is 125 cm³/mol. The van der Waals surface area contributed by atoms with Crippen molar-refractivity contribution in [2.24, 2.45) is 0 Å². The number of aliphatic hydroxyl groups is 1. The maximum absolute atomic E-state index is 12.6. The fourth-order valence-corrected chi connectivity index (χ4v) is 4.00. The van der Waals surface area contributed by atoms with Gasteiger partial charge in [0.15, 0.2) is 12.4 Å². The Hall–Kier alpha value is -3.03. The van der Waals surface area contributed by atoms with Gasteiger partial charge in [-0.15, -0.1) is 6.58 Å². The van der Waals surface area contributed by atoms with Crippen LogP contribution in [-0.4, -0.2) is 48.4 Å². The van der Waals surface area contributed by atoms with Crippen LogP contribution >= 0.6 is 0 Å². The fraction of sp³-hybridized carbons (Fsp3) is 0.296. The molecular formula is C27H28O6. The average Bonchev–Trinajstić information content (AvgIpc) is 2.85. The van der Waals surface area contributed by atoms with Crippen LogP contribution in [0.4, 0.5) is 0 Å². The third-order valence-electron chi connectivity index (χ3n) is 5.70. The molecule has 1 aliphatic rings. The first-order valence-corrected chi connectivity index (χ1v) is 11.0. The first-order chi connectivity index (χ1) is 16.1. The third-order valence-corrected chi connectivity index (χ3v) is 5.70. The van der Waals surface area contributed by atoms with E-state index in [9.17, 15) is 9.90 Å². The Morgan fingerprint density at radius 2 is 1.73 bits per heavy atom. The summed E-state index contributed by atoms with van der Waals surface area (Å²) >= 11 is 0. The lowest BCUT2D eigenvalue weighted by Crippen LogP contribution is -2.59. The van der Waals surface area contributed by atoms with Crippen molar-refractivity contribution in [2.45, 2.75) is 44.2 Å². The van der Waals surface area contributed by atoms with Crippen LogP contribution in [0.5, 0.6) is 0 Å². The standard InChI is InChI=1S/C27H28O6/c1-3-16-30-27-25(31-17-21-14-9-13-19-10-7-8-15-22(19)21)23(28)24(18(2)32-27)33-26(29)20-11-5-4-6-12-20/h3-15,18,23-25,27-28H,1,16-17H2,2H3/t18-,23+,24+,25-,27+/m0/s1. The highest BCUT2D eigenvalue weighted by Gasteiger charge is 2.47. The lowest BCUT2D eigenvalue weighted by Gasteiger charge is -2.42. The van der Waals surface area contributed by atoms with Gasteiger partial charge in [-0.2, -0.15) is 0 Å². The second kappa shape index (κ2) is 10.7. The minimum absolute atomic E-state index is 0.229. The van der Waals surface area contributed by atoms with E-state index in [2.05, 4.69) is 6.58 Å². The van der Waals surface area contributed by atoms with Crippen molar-refractivity contribution in [3.8, 4) is 0 Å². The molecule has 33 heavy (non-hydrogen) atoms. The zero-order valence-corrected chi connectivity index (χ0v) is 18.5. The zero-order chi connectivity index (χ0) is 23.2. The Balaban J connectivity index is 1.53. The normalized spacial score (nSPS) is 25.0. The summed E-state index contributed by atoms with van der Waals surface area (Å²) in [7, 11) is 0. The smallest absolute Gasteiger partial charge is 0.338 e. The van der Waals surface area contributed by atoms with Gasteiger partial charge in [-0.05, 0) is 35.4 Å². The average molecular weight is 449 g/mol. The van der Waals surface area contributed by atoms with Gasteiger partial charge in [0.25, 0.3) is 0 Å². The molecule has 0 radical (unpaired) electrons. The Bertz CT molecular complexity index is 1080. The number of ether oxygens (including phenoxy) is 4. The quantitative estimate of drug-likeness (QED) is 0.410. The summed E-state index contributed by atoms with van der Waals surface area (Å²) in [4.78, 5) is 12.6. The van der Waals surface area contributed by atoms with Gasteiger partial charge in [0.05, 0.1) is 24.9 Å². The summed E-state index contributed by atoms with van der Waals surface area (Å²) in [5, 5.41) is 13.3. The second-order valence-electron chi connectivity index (χ2n) is 7.97. The molecule has 0 saturated carbocycles. The van der Waals surface area contributed by atoms with Gasteiger partial charge in [0.2, 0.25) is 0 Å². The highest BCUT2D eigenvalue weighted by molar-refractivity contribution is 5.89. The molecule has 6 nitrogen and oxygen atoms in total. The number of fused-ring (bicyclic) bond motifs is 1. The van der Waals surface area contributed by atoms with Gasteiger partial charge in [-0.1, -0.05) is 66.7 Å². The Morgan fingerprint density at radius 1 is 1.00 bits per heavy atom. The Kier molecular flexibility index (Phi) is 7.52. The van der Waals surface area contributed by atoms with Crippen LogP contribution in [0.15, 0.2) is 85.5 Å². The van der Waals surface area contributed by atoms with E-state index in [0.717, 1.165) is 16.3 Å². The summed E-state index contributed by atoms with van der Waals surface area (Å²) in [5.74, 6) is -0.534. The van der Waals surface area contributed by atoms with Crippen molar-refractivity contribution in [1.29, 1.82) is 0 Å². The van der Waals surface area contributed by atoms with E-state index in [-0.39, 0.29) is 13.2 Å². The van der Waals surface area contributed by atoms with Gasteiger partial charge in [0.1, 0.15) is 12.2 Å². The van der Waals surface area contributed by atoms with E-state index in [1.807, 2.05) is 48.5 Å². The molecule has 1 heterocycles. The molecule has 3 aromatic carbocycles. The summed E-state index contributed by atoms with van der Waals surface area (Å²) < 4.78 is 23.5. The van der Waals surface area contributed by atoms with E-state index < -0.39 is 36.7 Å². The molecular weight excluding hydrogens is 420 g/mol. The monoisotopic (exact) mass is 448 g/mol. The molecule has 172 valence electrons. The molecule has 0 bridgehead atoms. The molecule has 1 aliphatic heterocycles. The fourth-order valence-electron chi connectivity index (χ4n) is 4.00. The predicted octanol–water partition coefficient (Wildman–Crippen LogP) is 4.26. The van der Waals surface area contributed by atoms with Crippen LogP contribution in [0.3, 0.4) is 0 Å². The van der Waals surface area contributed by atoms with Gasteiger partial charge in [-0.25, -0.2) is 4.79 Å². The lowest BCUT2D eigenvalue weighted by atomic mass is 9.99. The van der Waals surface area contributed by atoms with Crippen molar-refractivity contribution < 1.29 is 28.8 Å². The van der Waals surface area contributed by atoms with Crippen LogP contribution < -0.4 is 0 Å². The zero-order valence-electron chi connectivity index (χ0n) is 18.5. The van der Waals surface area contributed by atoms with Crippen LogP contribution in [0, 0.1) is 0 Å². The highest BCUT2D eigenvalue weighted by Crippen LogP contribution is 2.29. The van der Waals surface area contributed by atoms with Gasteiger partial charge >= 0.3 is 5.97 Å². The molecule has 5 atom stereocenters. The SMILES string of the molecule is C=CCO[C@@H]1O[C@@H](C)[C@@H](OC(=O)c2ccccc2)[C@@H](O)[C@@H]1OCc1cccc2ccccc12. The summed E-state index contributed by atoms with van der Waals surface area (Å²) in [6.07, 6.45) is -2.77.